The predicted molar refractivity (Wildman–Crippen MR) is 104 cm³/mol. The van der Waals surface area contributed by atoms with Crippen molar-refractivity contribution in [1.82, 2.24) is 4.90 Å². The van der Waals surface area contributed by atoms with Crippen LogP contribution in [0.2, 0.25) is 0 Å². The van der Waals surface area contributed by atoms with E-state index in [4.69, 9.17) is 18.9 Å². The van der Waals surface area contributed by atoms with Crippen molar-refractivity contribution in [3.05, 3.63) is 23.8 Å². The van der Waals surface area contributed by atoms with E-state index in [2.05, 4.69) is 13.8 Å². The van der Waals surface area contributed by atoms with E-state index in [0.29, 0.717) is 61.0 Å². The first kappa shape index (κ1) is 20.0. The van der Waals surface area contributed by atoms with Gasteiger partial charge in [0.1, 0.15) is 13.2 Å². The number of esters is 1. The molecular formula is C21H27NO6. The lowest BCUT2D eigenvalue weighted by Crippen LogP contribution is -2.44. The van der Waals surface area contributed by atoms with Crippen LogP contribution in [0.15, 0.2) is 18.2 Å². The third kappa shape index (κ3) is 4.97. The standard InChI is InChI=1S/C21H27NO6/c1-14-8-15(2)12-22(11-14)19(23)13-28-20(24)5-4-16-9-17(25-3)21-18(10-16)26-6-7-27-21/h4-5,9-10,14-15H,6-8,11-13H2,1-3H3/b5-4+/t14-,15+. The van der Waals surface area contributed by atoms with Crippen molar-refractivity contribution in [3.8, 4) is 17.2 Å². The zero-order chi connectivity index (χ0) is 20.1. The average Bonchev–Trinajstić information content (AvgIpc) is 2.69. The van der Waals surface area contributed by atoms with Gasteiger partial charge in [-0.3, -0.25) is 4.79 Å². The average molecular weight is 389 g/mol. The van der Waals surface area contributed by atoms with Crippen LogP contribution in [0, 0.1) is 11.8 Å². The number of ether oxygens (including phenoxy) is 4. The Kier molecular flexibility index (Phi) is 6.44. The maximum atomic E-state index is 12.3. The van der Waals surface area contributed by atoms with Gasteiger partial charge >= 0.3 is 5.97 Å². The van der Waals surface area contributed by atoms with Crippen LogP contribution >= 0.6 is 0 Å². The third-order valence-electron chi connectivity index (χ3n) is 4.82. The van der Waals surface area contributed by atoms with Crippen LogP contribution in [0.25, 0.3) is 6.08 Å². The molecule has 0 aromatic heterocycles. The van der Waals surface area contributed by atoms with Crippen LogP contribution in [0.5, 0.6) is 17.2 Å². The van der Waals surface area contributed by atoms with Gasteiger partial charge in [0.05, 0.1) is 7.11 Å². The van der Waals surface area contributed by atoms with Crippen LogP contribution in [0.4, 0.5) is 0 Å². The molecule has 3 rings (SSSR count). The molecule has 0 N–H and O–H groups in total. The topological polar surface area (TPSA) is 74.3 Å². The van der Waals surface area contributed by atoms with Crippen LogP contribution in [-0.4, -0.2) is 56.8 Å². The number of carbonyl (C=O) groups is 2. The number of rotatable bonds is 5. The van der Waals surface area contributed by atoms with Crippen LogP contribution in [0.3, 0.4) is 0 Å². The Morgan fingerprint density at radius 3 is 2.61 bits per heavy atom. The molecule has 1 fully saturated rings. The first-order valence-corrected chi connectivity index (χ1v) is 9.56. The number of nitrogens with zero attached hydrogens (tertiary/aromatic N) is 1. The summed E-state index contributed by atoms with van der Waals surface area (Å²) in [6.07, 6.45) is 4.00. The molecular weight excluding hydrogens is 362 g/mol. The number of amides is 1. The summed E-state index contributed by atoms with van der Waals surface area (Å²) in [5, 5.41) is 0. The second kappa shape index (κ2) is 8.99. The molecule has 28 heavy (non-hydrogen) atoms. The van der Waals surface area contributed by atoms with Gasteiger partial charge in [-0.2, -0.15) is 0 Å². The molecule has 1 aromatic rings. The van der Waals surface area contributed by atoms with E-state index in [1.807, 2.05) is 0 Å². The van der Waals surface area contributed by atoms with Crippen molar-refractivity contribution in [2.75, 3.05) is 40.0 Å². The highest BCUT2D eigenvalue weighted by Gasteiger charge is 2.25. The first-order valence-electron chi connectivity index (χ1n) is 9.56. The Balaban J connectivity index is 1.56. The van der Waals surface area contributed by atoms with Crippen molar-refractivity contribution in [1.29, 1.82) is 0 Å². The number of likely N-dealkylation sites (tertiary alicyclic amines) is 1. The molecule has 0 unspecified atom stereocenters. The summed E-state index contributed by atoms with van der Waals surface area (Å²) in [4.78, 5) is 26.1. The molecule has 2 aliphatic rings. The summed E-state index contributed by atoms with van der Waals surface area (Å²) in [5.41, 5.74) is 0.711. The molecule has 0 radical (unpaired) electrons. The fraction of sp³-hybridized carbons (Fsp3) is 0.524. The Morgan fingerprint density at radius 1 is 1.18 bits per heavy atom. The number of methoxy groups -OCH3 is 1. The molecule has 1 amide bonds. The number of benzene rings is 1. The zero-order valence-corrected chi connectivity index (χ0v) is 16.6. The van der Waals surface area contributed by atoms with Gasteiger partial charge in [0.2, 0.25) is 5.75 Å². The summed E-state index contributed by atoms with van der Waals surface area (Å²) in [7, 11) is 1.54. The third-order valence-corrected chi connectivity index (χ3v) is 4.82. The molecule has 2 atom stereocenters. The molecule has 1 aromatic carbocycles. The minimum atomic E-state index is -0.569. The van der Waals surface area contributed by atoms with E-state index in [1.54, 1.807) is 30.2 Å². The van der Waals surface area contributed by atoms with Gasteiger partial charge < -0.3 is 23.8 Å². The van der Waals surface area contributed by atoms with Crippen molar-refractivity contribution in [3.63, 3.8) is 0 Å². The summed E-state index contributed by atoms with van der Waals surface area (Å²) in [6.45, 7) is 6.38. The number of hydrogen-bond acceptors (Lipinski definition) is 6. The number of hydrogen-bond donors (Lipinski definition) is 0. The van der Waals surface area contributed by atoms with Gasteiger partial charge in [-0.05, 0) is 42.0 Å². The van der Waals surface area contributed by atoms with Crippen molar-refractivity contribution in [2.24, 2.45) is 11.8 Å². The molecule has 152 valence electrons. The molecule has 7 heteroatoms. The minimum absolute atomic E-state index is 0.152. The van der Waals surface area contributed by atoms with E-state index >= 15 is 0 Å². The smallest absolute Gasteiger partial charge is 0.331 e. The van der Waals surface area contributed by atoms with E-state index < -0.39 is 5.97 Å². The monoisotopic (exact) mass is 389 g/mol. The normalized spacial score (nSPS) is 21.5. The Labute approximate surface area is 165 Å². The minimum Gasteiger partial charge on any atom is -0.493 e. The van der Waals surface area contributed by atoms with Crippen LogP contribution in [0.1, 0.15) is 25.8 Å². The predicted octanol–water partition coefficient (Wildman–Crippen LogP) is 2.53. The lowest BCUT2D eigenvalue weighted by atomic mass is 9.92. The Hall–Kier alpha value is -2.70. The second-order valence-corrected chi connectivity index (χ2v) is 7.43. The molecule has 1 saturated heterocycles. The summed E-state index contributed by atoms with van der Waals surface area (Å²) >= 11 is 0. The maximum absolute atomic E-state index is 12.3. The number of piperidine rings is 1. The molecule has 2 heterocycles. The van der Waals surface area contributed by atoms with Crippen molar-refractivity contribution >= 4 is 18.0 Å². The maximum Gasteiger partial charge on any atom is 0.331 e. The quantitative estimate of drug-likeness (QED) is 0.569. The van der Waals surface area contributed by atoms with Gasteiger partial charge in [-0.25, -0.2) is 4.79 Å². The van der Waals surface area contributed by atoms with Crippen molar-refractivity contribution < 1.29 is 28.5 Å². The first-order chi connectivity index (χ1) is 13.5. The van der Waals surface area contributed by atoms with Crippen molar-refractivity contribution in [2.45, 2.75) is 20.3 Å². The fourth-order valence-electron chi connectivity index (χ4n) is 3.69. The largest absolute Gasteiger partial charge is 0.493 e. The Bertz CT molecular complexity index is 732. The van der Waals surface area contributed by atoms with E-state index in [0.717, 1.165) is 6.42 Å². The van der Waals surface area contributed by atoms with Crippen LogP contribution in [-0.2, 0) is 14.3 Å². The fourth-order valence-corrected chi connectivity index (χ4v) is 3.69. The summed E-state index contributed by atoms with van der Waals surface area (Å²) in [6, 6.07) is 3.52. The number of carbonyl (C=O) groups excluding carboxylic acids is 2. The highest BCUT2D eigenvalue weighted by atomic mass is 16.6. The molecule has 0 spiro atoms. The van der Waals surface area contributed by atoms with E-state index in [9.17, 15) is 9.59 Å². The summed E-state index contributed by atoms with van der Waals surface area (Å²) < 4.78 is 21.6. The molecule has 2 aliphatic heterocycles. The van der Waals surface area contributed by atoms with Gasteiger partial charge in [0, 0.05) is 19.2 Å². The lowest BCUT2D eigenvalue weighted by molar-refractivity contribution is -0.149. The van der Waals surface area contributed by atoms with Gasteiger partial charge in [0.25, 0.3) is 5.91 Å². The van der Waals surface area contributed by atoms with Gasteiger partial charge in [0.15, 0.2) is 18.1 Å². The SMILES string of the molecule is COc1cc(/C=C/C(=O)OCC(=O)N2C[C@H](C)C[C@H](C)C2)cc2c1OCCO2. The second-order valence-electron chi connectivity index (χ2n) is 7.43. The van der Waals surface area contributed by atoms with Crippen LogP contribution < -0.4 is 14.2 Å². The van der Waals surface area contributed by atoms with E-state index in [-0.39, 0.29) is 12.5 Å². The highest BCUT2D eigenvalue weighted by Crippen LogP contribution is 2.40. The molecule has 7 nitrogen and oxygen atoms in total. The zero-order valence-electron chi connectivity index (χ0n) is 16.6. The van der Waals surface area contributed by atoms with E-state index in [1.165, 1.54) is 6.08 Å². The lowest BCUT2D eigenvalue weighted by Gasteiger charge is -2.34. The highest BCUT2D eigenvalue weighted by molar-refractivity contribution is 5.89. The Morgan fingerprint density at radius 2 is 1.89 bits per heavy atom. The molecule has 0 bridgehead atoms. The molecule has 0 aliphatic carbocycles. The van der Waals surface area contributed by atoms with Gasteiger partial charge in [-0.15, -0.1) is 0 Å². The van der Waals surface area contributed by atoms with Gasteiger partial charge in [-0.1, -0.05) is 13.8 Å². The number of fused-ring (bicyclic) bond motifs is 1. The summed E-state index contributed by atoms with van der Waals surface area (Å²) in [5.74, 6) is 1.88. The molecule has 0 saturated carbocycles.